The van der Waals surface area contributed by atoms with E-state index in [1.807, 2.05) is 6.08 Å². The second-order valence-corrected chi connectivity index (χ2v) is 9.40. The van der Waals surface area contributed by atoms with Crippen molar-refractivity contribution in [3.05, 3.63) is 88.0 Å². The molecule has 2 nitrogen and oxygen atoms in total. The van der Waals surface area contributed by atoms with Gasteiger partial charge in [-0.05, 0) is 71.9 Å². The van der Waals surface area contributed by atoms with Gasteiger partial charge >= 0.3 is 0 Å². The highest BCUT2D eigenvalue weighted by molar-refractivity contribution is 5.85. The molecule has 34 heavy (non-hydrogen) atoms. The van der Waals surface area contributed by atoms with Crippen LogP contribution in [0.2, 0.25) is 0 Å². The largest absolute Gasteiger partial charge is 0.348 e. The van der Waals surface area contributed by atoms with Gasteiger partial charge in [0.25, 0.3) is 5.87 Å². The van der Waals surface area contributed by atoms with Crippen LogP contribution in [0.5, 0.6) is 0 Å². The standard InChI is InChI=1S/C32H44N2/c1-4-7-10-11-12-13-17-28-19-15-22-31(26-28)32(29(20-9-6-3)23-24-34-33)30-21-14-18-27(25-30)16-8-5-2/h14-15,18-19,21-23,25-26H,4-13,16-17,20H2,1-3H3. The Morgan fingerprint density at radius 2 is 1.29 bits per heavy atom. The highest BCUT2D eigenvalue weighted by Crippen LogP contribution is 2.31. The van der Waals surface area contributed by atoms with Gasteiger partial charge in [0.15, 0.2) is 0 Å². The Bertz CT molecular complexity index is 972. The summed E-state index contributed by atoms with van der Waals surface area (Å²) in [7, 11) is 0. The van der Waals surface area contributed by atoms with E-state index in [9.17, 15) is 0 Å². The number of allylic oxidation sites excluding steroid dienone is 2. The van der Waals surface area contributed by atoms with E-state index >= 15 is 0 Å². The van der Waals surface area contributed by atoms with Gasteiger partial charge in [-0.3, -0.25) is 0 Å². The fourth-order valence-electron chi connectivity index (χ4n) is 4.54. The van der Waals surface area contributed by atoms with Crippen LogP contribution in [0.4, 0.5) is 0 Å². The van der Waals surface area contributed by atoms with Gasteiger partial charge in [-0.1, -0.05) is 114 Å². The van der Waals surface area contributed by atoms with Crippen LogP contribution in [0.15, 0.2) is 60.2 Å². The average molecular weight is 457 g/mol. The lowest BCUT2D eigenvalue weighted by Gasteiger charge is -2.16. The molecular weight excluding hydrogens is 412 g/mol. The van der Waals surface area contributed by atoms with E-state index in [2.05, 4.69) is 80.0 Å². The molecule has 2 aromatic carbocycles. The molecule has 182 valence electrons. The number of hydrogen-bond acceptors (Lipinski definition) is 0. The molecule has 0 bridgehead atoms. The van der Waals surface area contributed by atoms with E-state index < -0.39 is 0 Å². The third-order valence-electron chi connectivity index (χ3n) is 6.49. The molecule has 0 aliphatic carbocycles. The zero-order valence-corrected chi connectivity index (χ0v) is 21.8. The van der Waals surface area contributed by atoms with Crippen molar-refractivity contribution >= 4 is 11.4 Å². The highest BCUT2D eigenvalue weighted by Gasteiger charge is 2.13. The second kappa shape index (κ2) is 16.9. The molecule has 0 saturated carbocycles. The molecule has 0 heterocycles. The average Bonchev–Trinajstić information content (AvgIpc) is 2.87. The minimum Gasteiger partial charge on any atom is -0.348 e. The summed E-state index contributed by atoms with van der Waals surface area (Å²) in [6.45, 7) is 6.73. The maximum Gasteiger partial charge on any atom is 0.299 e. The summed E-state index contributed by atoms with van der Waals surface area (Å²) in [6, 6.07) is 18.1. The van der Waals surface area contributed by atoms with E-state index in [0.29, 0.717) is 0 Å². The second-order valence-electron chi connectivity index (χ2n) is 9.40. The van der Waals surface area contributed by atoms with E-state index in [-0.39, 0.29) is 0 Å². The van der Waals surface area contributed by atoms with E-state index in [1.54, 1.807) is 0 Å². The molecule has 0 atom stereocenters. The number of rotatable bonds is 16. The first kappa shape index (κ1) is 27.6. The fourth-order valence-corrected chi connectivity index (χ4v) is 4.54. The Morgan fingerprint density at radius 3 is 1.88 bits per heavy atom. The number of nitrogens with zero attached hydrogens (tertiary/aromatic N) is 2. The molecule has 2 heteroatoms. The van der Waals surface area contributed by atoms with Crippen molar-refractivity contribution in [1.82, 2.24) is 0 Å². The summed E-state index contributed by atoms with van der Waals surface area (Å²) in [5.41, 5.74) is 16.8. The van der Waals surface area contributed by atoms with Crippen molar-refractivity contribution in [3.63, 3.8) is 0 Å². The summed E-state index contributed by atoms with van der Waals surface area (Å²) in [4.78, 5) is 3.16. The van der Waals surface area contributed by atoms with Gasteiger partial charge in [0.05, 0.1) is 6.08 Å². The smallest absolute Gasteiger partial charge is 0.299 e. The fraction of sp³-hybridized carbons (Fsp3) is 0.500. The molecule has 0 aromatic heterocycles. The molecule has 0 aliphatic rings. The summed E-state index contributed by atoms with van der Waals surface area (Å²) >= 11 is 0. The van der Waals surface area contributed by atoms with Gasteiger partial charge in [0, 0.05) is 0 Å². The Morgan fingerprint density at radius 1 is 0.735 bits per heavy atom. The Hall–Kier alpha value is -2.66. The number of aryl methyl sites for hydroxylation is 2. The van der Waals surface area contributed by atoms with Gasteiger partial charge < -0.3 is 5.53 Å². The van der Waals surface area contributed by atoms with E-state index in [1.165, 1.54) is 84.8 Å². The van der Waals surface area contributed by atoms with E-state index in [4.69, 9.17) is 5.53 Å². The molecule has 0 aliphatic heterocycles. The normalized spacial score (nSPS) is 11.5. The minimum atomic E-state index is 0.940. The quantitative estimate of drug-likeness (QED) is 0.0793. The Kier molecular flexibility index (Phi) is 13.7. The zero-order chi connectivity index (χ0) is 24.4. The molecule has 0 unspecified atom stereocenters. The summed E-state index contributed by atoms with van der Waals surface area (Å²) in [5, 5.41) is 0. The summed E-state index contributed by atoms with van der Waals surface area (Å²) in [6.07, 6.45) is 17.6. The maximum absolute atomic E-state index is 9.08. The molecule has 0 spiro atoms. The van der Waals surface area contributed by atoms with Crippen LogP contribution in [0.25, 0.3) is 11.1 Å². The van der Waals surface area contributed by atoms with Gasteiger partial charge in [-0.15, -0.1) is 4.79 Å². The van der Waals surface area contributed by atoms with Crippen molar-refractivity contribution in [2.75, 3.05) is 0 Å². The van der Waals surface area contributed by atoms with Crippen molar-refractivity contribution in [2.45, 2.75) is 104 Å². The van der Waals surface area contributed by atoms with E-state index in [0.717, 1.165) is 32.1 Å². The lowest BCUT2D eigenvalue weighted by molar-refractivity contribution is 0.00800. The Labute approximate surface area is 208 Å². The third-order valence-corrected chi connectivity index (χ3v) is 6.49. The van der Waals surface area contributed by atoms with Gasteiger partial charge in [0.2, 0.25) is 0 Å². The topological polar surface area (TPSA) is 36.4 Å². The molecule has 0 amide bonds. The Balaban J connectivity index is 2.43. The first-order valence-corrected chi connectivity index (χ1v) is 13.6. The van der Waals surface area contributed by atoms with Crippen LogP contribution >= 0.6 is 0 Å². The maximum atomic E-state index is 9.08. The summed E-state index contributed by atoms with van der Waals surface area (Å²) in [5.74, 6) is 2.70. The molecule has 0 N–H and O–H groups in total. The predicted molar refractivity (Wildman–Crippen MR) is 147 cm³/mol. The molecule has 2 aromatic rings. The monoisotopic (exact) mass is 456 g/mol. The number of hydrogen-bond donors (Lipinski definition) is 0. The first-order chi connectivity index (χ1) is 16.7. The third kappa shape index (κ3) is 9.68. The van der Waals surface area contributed by atoms with Crippen molar-refractivity contribution < 1.29 is 4.79 Å². The number of unbranched alkanes of at least 4 members (excludes halogenated alkanes) is 7. The molecule has 0 fully saturated rings. The van der Waals surface area contributed by atoms with Gasteiger partial charge in [-0.2, -0.15) is 0 Å². The van der Waals surface area contributed by atoms with Gasteiger partial charge in [0.1, 0.15) is 0 Å². The minimum absolute atomic E-state index is 0.940. The van der Waals surface area contributed by atoms with Crippen LogP contribution < -0.4 is 0 Å². The van der Waals surface area contributed by atoms with Crippen LogP contribution in [-0.2, 0) is 12.8 Å². The van der Waals surface area contributed by atoms with Crippen LogP contribution in [-0.4, -0.2) is 10.7 Å². The zero-order valence-electron chi connectivity index (χ0n) is 21.8. The first-order valence-electron chi connectivity index (χ1n) is 13.6. The van der Waals surface area contributed by atoms with Crippen molar-refractivity contribution in [2.24, 2.45) is 0 Å². The van der Waals surface area contributed by atoms with Crippen molar-refractivity contribution in [1.29, 1.82) is 0 Å². The summed E-state index contributed by atoms with van der Waals surface area (Å²) < 4.78 is 0. The number of benzene rings is 2. The van der Waals surface area contributed by atoms with Crippen LogP contribution in [0, 0.1) is 0 Å². The molecule has 0 radical (unpaired) electrons. The molecule has 2 rings (SSSR count). The molecular formula is C32H44N2. The van der Waals surface area contributed by atoms with Crippen molar-refractivity contribution in [3.8, 4) is 0 Å². The lowest BCUT2D eigenvalue weighted by atomic mass is 9.88. The molecule has 0 saturated heterocycles. The lowest BCUT2D eigenvalue weighted by Crippen LogP contribution is -1.98. The SMILES string of the molecule is CCCCCCCCc1cccc(C(=C(C=C=[N+]=[N-])CCCC)c2cccc(CCCC)c2)c1. The van der Waals surface area contributed by atoms with Crippen LogP contribution in [0.1, 0.15) is 114 Å². The van der Waals surface area contributed by atoms with Crippen LogP contribution in [0.3, 0.4) is 0 Å². The highest BCUT2D eigenvalue weighted by atomic mass is 14.8. The van der Waals surface area contributed by atoms with Gasteiger partial charge in [-0.25, -0.2) is 0 Å². The predicted octanol–water partition coefficient (Wildman–Crippen LogP) is 9.38.